The summed E-state index contributed by atoms with van der Waals surface area (Å²) in [5, 5.41) is 2.29. The van der Waals surface area contributed by atoms with Gasteiger partial charge in [-0.2, -0.15) is 5.06 Å². The minimum Gasteiger partial charge on any atom is -0.297 e. The number of thioether (sulfide) groups is 1. The van der Waals surface area contributed by atoms with Gasteiger partial charge in [-0.3, -0.25) is 4.84 Å². The van der Waals surface area contributed by atoms with Crippen molar-refractivity contribution in [2.45, 2.75) is 68.8 Å². The largest absolute Gasteiger partial charge is 0.297 e. The highest BCUT2D eigenvalue weighted by atomic mass is 32.2. The summed E-state index contributed by atoms with van der Waals surface area (Å²) in [6.45, 7) is 10.0. The maximum Gasteiger partial charge on any atom is 0.0762 e. The molecule has 2 aliphatic rings. The van der Waals surface area contributed by atoms with E-state index in [0.29, 0.717) is 5.92 Å². The molecule has 3 rings (SSSR count). The molecule has 0 aliphatic carbocycles. The number of hydrogen-bond acceptors (Lipinski definition) is 3. The van der Waals surface area contributed by atoms with Crippen LogP contribution in [0.25, 0.3) is 0 Å². The Morgan fingerprint density at radius 1 is 1.14 bits per heavy atom. The summed E-state index contributed by atoms with van der Waals surface area (Å²) >= 11 is 1.96. The normalized spacial score (nSPS) is 27.5. The van der Waals surface area contributed by atoms with E-state index in [1.165, 1.54) is 29.7 Å². The predicted molar refractivity (Wildman–Crippen MR) is 89.7 cm³/mol. The molecule has 116 valence electrons. The Labute approximate surface area is 133 Å². The van der Waals surface area contributed by atoms with Crippen molar-refractivity contribution in [1.29, 1.82) is 0 Å². The van der Waals surface area contributed by atoms with Crippen molar-refractivity contribution in [3.8, 4) is 0 Å². The third-order valence-electron chi connectivity index (χ3n) is 4.88. The second-order valence-corrected chi connectivity index (χ2v) is 8.68. The summed E-state index contributed by atoms with van der Waals surface area (Å²) in [6.07, 6.45) is 3.72. The van der Waals surface area contributed by atoms with Crippen LogP contribution in [0.4, 0.5) is 0 Å². The molecule has 21 heavy (non-hydrogen) atoms. The van der Waals surface area contributed by atoms with Crippen molar-refractivity contribution < 1.29 is 4.84 Å². The standard InChI is InChI=1S/C18H27NOS/c1-17(2)10-7-11-18(3,4)19(17)20-12-14-13-21-16-9-6-5-8-15(14)16/h5-6,8-9,14H,7,10-13H2,1-4H3. The van der Waals surface area contributed by atoms with Crippen LogP contribution >= 0.6 is 11.8 Å². The number of nitrogens with zero attached hydrogens (tertiary/aromatic N) is 1. The second-order valence-electron chi connectivity index (χ2n) is 7.61. The van der Waals surface area contributed by atoms with Gasteiger partial charge in [-0.05, 0) is 58.6 Å². The first-order valence-corrected chi connectivity index (χ1v) is 9.04. The van der Waals surface area contributed by atoms with Crippen LogP contribution in [0, 0.1) is 0 Å². The van der Waals surface area contributed by atoms with E-state index >= 15 is 0 Å². The van der Waals surface area contributed by atoms with Crippen molar-refractivity contribution in [1.82, 2.24) is 5.06 Å². The summed E-state index contributed by atoms with van der Waals surface area (Å²) < 4.78 is 0. The molecule has 1 saturated heterocycles. The third kappa shape index (κ3) is 3.01. The molecule has 0 amide bonds. The van der Waals surface area contributed by atoms with E-state index in [1.807, 2.05) is 11.8 Å². The van der Waals surface area contributed by atoms with E-state index < -0.39 is 0 Å². The van der Waals surface area contributed by atoms with Gasteiger partial charge in [0.15, 0.2) is 0 Å². The molecule has 2 nitrogen and oxygen atoms in total. The Morgan fingerprint density at radius 3 is 2.52 bits per heavy atom. The topological polar surface area (TPSA) is 12.5 Å². The molecule has 1 aromatic rings. The monoisotopic (exact) mass is 305 g/mol. The fraction of sp³-hybridized carbons (Fsp3) is 0.667. The molecule has 1 unspecified atom stereocenters. The van der Waals surface area contributed by atoms with Crippen LogP contribution in [0.1, 0.15) is 58.4 Å². The van der Waals surface area contributed by atoms with Gasteiger partial charge in [-0.1, -0.05) is 18.2 Å². The maximum atomic E-state index is 6.37. The number of fused-ring (bicyclic) bond motifs is 1. The average Bonchev–Trinajstić information content (AvgIpc) is 2.80. The molecule has 0 aromatic heterocycles. The molecule has 1 fully saturated rings. The Balaban J connectivity index is 1.70. The fourth-order valence-corrected chi connectivity index (χ4v) is 5.09. The average molecular weight is 305 g/mol. The summed E-state index contributed by atoms with van der Waals surface area (Å²) in [6, 6.07) is 8.77. The second kappa shape index (κ2) is 5.60. The summed E-state index contributed by atoms with van der Waals surface area (Å²) in [7, 11) is 0. The van der Waals surface area contributed by atoms with E-state index in [2.05, 4.69) is 57.0 Å². The van der Waals surface area contributed by atoms with Gasteiger partial charge in [0.05, 0.1) is 6.61 Å². The molecule has 0 N–H and O–H groups in total. The molecule has 2 heterocycles. The van der Waals surface area contributed by atoms with Crippen molar-refractivity contribution >= 4 is 11.8 Å². The molecule has 1 atom stereocenters. The Kier molecular flexibility index (Phi) is 4.10. The van der Waals surface area contributed by atoms with Crippen LogP contribution in [0.15, 0.2) is 29.2 Å². The maximum absolute atomic E-state index is 6.37. The minimum atomic E-state index is 0.132. The lowest BCUT2D eigenvalue weighted by Crippen LogP contribution is -2.58. The highest BCUT2D eigenvalue weighted by molar-refractivity contribution is 7.99. The number of rotatable bonds is 3. The van der Waals surface area contributed by atoms with Crippen molar-refractivity contribution in [3.05, 3.63) is 29.8 Å². The Hall–Kier alpha value is -0.510. The van der Waals surface area contributed by atoms with E-state index in [-0.39, 0.29) is 11.1 Å². The molecular formula is C18H27NOS. The molecular weight excluding hydrogens is 278 g/mol. The van der Waals surface area contributed by atoms with Crippen LogP contribution in [0.2, 0.25) is 0 Å². The number of benzene rings is 1. The lowest BCUT2D eigenvalue weighted by atomic mass is 9.82. The lowest BCUT2D eigenvalue weighted by Gasteiger charge is -2.51. The van der Waals surface area contributed by atoms with Gasteiger partial charge in [-0.15, -0.1) is 11.8 Å². The highest BCUT2D eigenvalue weighted by Crippen LogP contribution is 2.42. The highest BCUT2D eigenvalue weighted by Gasteiger charge is 2.43. The number of piperidine rings is 1. The fourth-order valence-electron chi connectivity index (χ4n) is 3.86. The van der Waals surface area contributed by atoms with Crippen LogP contribution in [-0.4, -0.2) is 28.5 Å². The quantitative estimate of drug-likeness (QED) is 0.792. The molecule has 2 aliphatic heterocycles. The van der Waals surface area contributed by atoms with Crippen molar-refractivity contribution in [3.63, 3.8) is 0 Å². The van der Waals surface area contributed by atoms with E-state index in [9.17, 15) is 0 Å². The third-order valence-corrected chi connectivity index (χ3v) is 6.13. The lowest BCUT2D eigenvalue weighted by molar-refractivity contribution is -0.282. The Bertz CT molecular complexity index is 496. The molecule has 0 bridgehead atoms. The van der Waals surface area contributed by atoms with E-state index in [0.717, 1.165) is 12.4 Å². The van der Waals surface area contributed by atoms with Crippen LogP contribution < -0.4 is 0 Å². The predicted octanol–water partition coefficient (Wildman–Crippen LogP) is 4.85. The minimum absolute atomic E-state index is 0.132. The zero-order valence-electron chi connectivity index (χ0n) is 13.7. The van der Waals surface area contributed by atoms with Crippen LogP contribution in [-0.2, 0) is 4.84 Å². The Morgan fingerprint density at radius 2 is 1.81 bits per heavy atom. The smallest absolute Gasteiger partial charge is 0.0762 e. The van der Waals surface area contributed by atoms with Gasteiger partial charge in [0.1, 0.15) is 0 Å². The first-order valence-electron chi connectivity index (χ1n) is 8.05. The first kappa shape index (κ1) is 15.4. The van der Waals surface area contributed by atoms with Gasteiger partial charge >= 0.3 is 0 Å². The molecule has 1 aromatic carbocycles. The van der Waals surface area contributed by atoms with Gasteiger partial charge in [-0.25, -0.2) is 0 Å². The zero-order valence-corrected chi connectivity index (χ0v) is 14.5. The number of hydroxylamine groups is 2. The van der Waals surface area contributed by atoms with Crippen molar-refractivity contribution in [2.24, 2.45) is 0 Å². The molecule has 0 saturated carbocycles. The molecule has 0 spiro atoms. The molecule has 0 radical (unpaired) electrons. The summed E-state index contributed by atoms with van der Waals surface area (Å²) in [4.78, 5) is 7.81. The van der Waals surface area contributed by atoms with Crippen LogP contribution in [0.5, 0.6) is 0 Å². The van der Waals surface area contributed by atoms with Gasteiger partial charge in [0, 0.05) is 27.6 Å². The first-order chi connectivity index (χ1) is 9.90. The van der Waals surface area contributed by atoms with Gasteiger partial charge in [0.25, 0.3) is 0 Å². The SMILES string of the molecule is CC1(C)CCCC(C)(C)N1OCC1CSc2ccccc21. The summed E-state index contributed by atoms with van der Waals surface area (Å²) in [5.41, 5.74) is 1.73. The van der Waals surface area contributed by atoms with Gasteiger partial charge in [0.2, 0.25) is 0 Å². The molecule has 3 heteroatoms. The van der Waals surface area contributed by atoms with E-state index in [4.69, 9.17) is 4.84 Å². The zero-order chi connectivity index (χ0) is 15.1. The van der Waals surface area contributed by atoms with Gasteiger partial charge < -0.3 is 0 Å². The van der Waals surface area contributed by atoms with Crippen molar-refractivity contribution in [2.75, 3.05) is 12.4 Å². The van der Waals surface area contributed by atoms with Crippen LogP contribution in [0.3, 0.4) is 0 Å². The number of hydrogen-bond donors (Lipinski definition) is 0. The van der Waals surface area contributed by atoms with E-state index in [1.54, 1.807) is 0 Å². The summed E-state index contributed by atoms with van der Waals surface area (Å²) in [5.74, 6) is 1.67.